The van der Waals surface area contributed by atoms with Crippen LogP contribution in [0.25, 0.3) is 0 Å². The van der Waals surface area contributed by atoms with Gasteiger partial charge in [0.25, 0.3) is 0 Å². The molecule has 1 aromatic rings. The van der Waals surface area contributed by atoms with Gasteiger partial charge in [-0.1, -0.05) is 6.07 Å². The zero-order valence-electron chi connectivity index (χ0n) is 12.2. The van der Waals surface area contributed by atoms with E-state index < -0.39 is 0 Å². The Kier molecular flexibility index (Phi) is 7.94. The average molecular weight is 424 g/mol. The second kappa shape index (κ2) is 8.92. The number of piperidine rings is 1. The standard InChI is InChI=1S/C15H22IN3O.ClH/c1-11(17)12-4-3-7-19(9-12)10-15(20)18-14-6-2-5-13(16)8-14;/h2,5-6,8,11-12H,3-4,7,9-10,17H2,1H3,(H,18,20);1H. The van der Waals surface area contributed by atoms with Crippen LogP contribution >= 0.6 is 35.0 Å². The maximum Gasteiger partial charge on any atom is 0.238 e. The Morgan fingerprint density at radius 2 is 2.33 bits per heavy atom. The lowest BCUT2D eigenvalue weighted by atomic mass is 9.92. The van der Waals surface area contributed by atoms with Crippen LogP contribution < -0.4 is 11.1 Å². The van der Waals surface area contributed by atoms with Gasteiger partial charge in [0.05, 0.1) is 6.54 Å². The summed E-state index contributed by atoms with van der Waals surface area (Å²) in [5.41, 5.74) is 6.84. The topological polar surface area (TPSA) is 58.4 Å². The van der Waals surface area contributed by atoms with Crippen molar-refractivity contribution < 1.29 is 4.79 Å². The normalized spacial score (nSPS) is 20.4. The number of hydrogen-bond donors (Lipinski definition) is 2. The molecule has 1 aliphatic rings. The molecule has 0 aromatic heterocycles. The fourth-order valence-electron chi connectivity index (χ4n) is 2.63. The van der Waals surface area contributed by atoms with E-state index in [4.69, 9.17) is 5.73 Å². The molecular formula is C15H23ClIN3O. The van der Waals surface area contributed by atoms with Gasteiger partial charge in [0.15, 0.2) is 0 Å². The molecule has 21 heavy (non-hydrogen) atoms. The predicted molar refractivity (Wildman–Crippen MR) is 97.9 cm³/mol. The number of rotatable bonds is 4. The van der Waals surface area contributed by atoms with Crippen molar-refractivity contribution in [1.82, 2.24) is 4.90 Å². The summed E-state index contributed by atoms with van der Waals surface area (Å²) in [5.74, 6) is 0.562. The SMILES string of the molecule is CC(N)C1CCCN(CC(=O)Nc2cccc(I)c2)C1.Cl. The van der Waals surface area contributed by atoms with Crippen molar-refractivity contribution in [3.63, 3.8) is 0 Å². The smallest absolute Gasteiger partial charge is 0.238 e. The molecule has 1 heterocycles. The third-order valence-electron chi connectivity index (χ3n) is 3.76. The number of anilines is 1. The second-order valence-corrected chi connectivity index (χ2v) is 6.80. The Balaban J connectivity index is 0.00000220. The number of likely N-dealkylation sites (tertiary alicyclic amines) is 1. The number of carbonyl (C=O) groups is 1. The third kappa shape index (κ3) is 6.10. The highest BCUT2D eigenvalue weighted by molar-refractivity contribution is 14.1. The maximum atomic E-state index is 12.1. The number of benzene rings is 1. The number of hydrogen-bond acceptors (Lipinski definition) is 3. The first-order chi connectivity index (χ1) is 9.54. The lowest BCUT2D eigenvalue weighted by molar-refractivity contribution is -0.117. The number of nitrogens with one attached hydrogen (secondary N) is 1. The van der Waals surface area contributed by atoms with E-state index in [0.29, 0.717) is 12.5 Å². The highest BCUT2D eigenvalue weighted by Crippen LogP contribution is 2.18. The van der Waals surface area contributed by atoms with Crippen LogP contribution in [0.3, 0.4) is 0 Å². The van der Waals surface area contributed by atoms with Gasteiger partial charge in [-0.2, -0.15) is 0 Å². The summed E-state index contributed by atoms with van der Waals surface area (Å²) >= 11 is 2.24. The van der Waals surface area contributed by atoms with E-state index in [9.17, 15) is 4.79 Å². The summed E-state index contributed by atoms with van der Waals surface area (Å²) in [6.45, 7) is 4.43. The molecule has 0 aliphatic carbocycles. The van der Waals surface area contributed by atoms with Crippen molar-refractivity contribution >= 4 is 46.6 Å². The summed E-state index contributed by atoms with van der Waals surface area (Å²) in [7, 11) is 0. The van der Waals surface area contributed by atoms with E-state index >= 15 is 0 Å². The molecule has 1 saturated heterocycles. The molecule has 118 valence electrons. The van der Waals surface area contributed by atoms with Crippen LogP contribution in [0.15, 0.2) is 24.3 Å². The fraction of sp³-hybridized carbons (Fsp3) is 0.533. The number of halogens is 2. The largest absolute Gasteiger partial charge is 0.328 e. The highest BCUT2D eigenvalue weighted by atomic mass is 127. The summed E-state index contributed by atoms with van der Waals surface area (Å²) < 4.78 is 1.12. The molecule has 2 atom stereocenters. The molecule has 0 spiro atoms. The summed E-state index contributed by atoms with van der Waals surface area (Å²) in [6.07, 6.45) is 2.30. The van der Waals surface area contributed by atoms with Crippen molar-refractivity contribution in [3.05, 3.63) is 27.8 Å². The van der Waals surface area contributed by atoms with Gasteiger partial charge in [-0.25, -0.2) is 0 Å². The van der Waals surface area contributed by atoms with Crippen LogP contribution in [-0.2, 0) is 4.79 Å². The van der Waals surface area contributed by atoms with E-state index in [1.165, 1.54) is 6.42 Å². The third-order valence-corrected chi connectivity index (χ3v) is 4.43. The highest BCUT2D eigenvalue weighted by Gasteiger charge is 2.23. The van der Waals surface area contributed by atoms with Crippen LogP contribution in [0.1, 0.15) is 19.8 Å². The van der Waals surface area contributed by atoms with Gasteiger partial charge in [-0.3, -0.25) is 9.69 Å². The zero-order chi connectivity index (χ0) is 14.5. The molecule has 4 nitrogen and oxygen atoms in total. The number of carbonyl (C=O) groups excluding carboxylic acids is 1. The molecule has 6 heteroatoms. The second-order valence-electron chi connectivity index (χ2n) is 5.56. The number of amides is 1. The summed E-state index contributed by atoms with van der Waals surface area (Å²) in [6, 6.07) is 8.05. The lowest BCUT2D eigenvalue weighted by Crippen LogP contribution is -2.45. The van der Waals surface area contributed by atoms with Gasteiger partial charge in [0.2, 0.25) is 5.91 Å². The fourth-order valence-corrected chi connectivity index (χ4v) is 3.18. The van der Waals surface area contributed by atoms with Crippen LogP contribution in [0, 0.1) is 9.49 Å². The number of nitrogens with zero attached hydrogens (tertiary/aromatic N) is 1. The van der Waals surface area contributed by atoms with Crippen LogP contribution in [0.5, 0.6) is 0 Å². The van der Waals surface area contributed by atoms with Crippen molar-refractivity contribution in [2.75, 3.05) is 25.0 Å². The Morgan fingerprint density at radius 1 is 1.57 bits per heavy atom. The van der Waals surface area contributed by atoms with E-state index in [0.717, 1.165) is 28.8 Å². The molecule has 2 rings (SSSR count). The first-order valence-corrected chi connectivity index (χ1v) is 8.16. The van der Waals surface area contributed by atoms with Gasteiger partial charge in [-0.15, -0.1) is 12.4 Å². The Morgan fingerprint density at radius 3 is 3.00 bits per heavy atom. The van der Waals surface area contributed by atoms with Crippen molar-refractivity contribution in [1.29, 1.82) is 0 Å². The molecule has 1 fully saturated rings. The average Bonchev–Trinajstić information content (AvgIpc) is 2.38. The number of nitrogens with two attached hydrogens (primary N) is 1. The lowest BCUT2D eigenvalue weighted by Gasteiger charge is -2.34. The quantitative estimate of drug-likeness (QED) is 0.732. The molecule has 0 bridgehead atoms. The van der Waals surface area contributed by atoms with Gasteiger partial charge in [0.1, 0.15) is 0 Å². The molecule has 1 aliphatic heterocycles. The van der Waals surface area contributed by atoms with Gasteiger partial charge >= 0.3 is 0 Å². The molecule has 1 amide bonds. The predicted octanol–water partition coefficient (Wildman–Crippen LogP) is 2.71. The zero-order valence-corrected chi connectivity index (χ0v) is 15.2. The van der Waals surface area contributed by atoms with Crippen molar-refractivity contribution in [3.8, 4) is 0 Å². The van der Waals surface area contributed by atoms with Crippen LogP contribution in [0.4, 0.5) is 5.69 Å². The first kappa shape index (κ1) is 18.7. The molecule has 0 saturated carbocycles. The van der Waals surface area contributed by atoms with Crippen molar-refractivity contribution in [2.24, 2.45) is 11.7 Å². The molecular weight excluding hydrogens is 401 g/mol. The van der Waals surface area contributed by atoms with Gasteiger partial charge < -0.3 is 11.1 Å². The minimum Gasteiger partial charge on any atom is -0.328 e. The molecule has 3 N–H and O–H groups in total. The van der Waals surface area contributed by atoms with Gasteiger partial charge in [0, 0.05) is 21.8 Å². The van der Waals surface area contributed by atoms with Crippen molar-refractivity contribution in [2.45, 2.75) is 25.8 Å². The Bertz CT molecular complexity index is 470. The van der Waals surface area contributed by atoms with Crippen LogP contribution in [-0.4, -0.2) is 36.5 Å². The van der Waals surface area contributed by atoms with E-state index in [2.05, 4.69) is 39.7 Å². The molecule has 1 aromatic carbocycles. The van der Waals surface area contributed by atoms with Crippen LogP contribution in [0.2, 0.25) is 0 Å². The van der Waals surface area contributed by atoms with Gasteiger partial charge in [-0.05, 0) is 73.0 Å². The van der Waals surface area contributed by atoms with E-state index in [1.54, 1.807) is 0 Å². The summed E-state index contributed by atoms with van der Waals surface area (Å²) in [4.78, 5) is 14.3. The summed E-state index contributed by atoms with van der Waals surface area (Å²) in [5, 5.41) is 2.96. The Labute approximate surface area is 146 Å². The maximum absolute atomic E-state index is 12.1. The van der Waals surface area contributed by atoms with E-state index in [-0.39, 0.29) is 24.4 Å². The monoisotopic (exact) mass is 423 g/mol. The Hall–Kier alpha value is -0.370. The minimum atomic E-state index is 0. The first-order valence-electron chi connectivity index (χ1n) is 7.08. The minimum absolute atomic E-state index is 0. The molecule has 2 unspecified atom stereocenters. The molecule has 0 radical (unpaired) electrons. The van der Waals surface area contributed by atoms with E-state index in [1.807, 2.05) is 24.3 Å².